The SMILES string of the molecule is CN1CCN(CC(O)CN(C)C(=O)c2cc(C(C)(C)C)on2)CC1. The van der Waals surface area contributed by atoms with Gasteiger partial charge in [-0.25, -0.2) is 0 Å². The van der Waals surface area contributed by atoms with Crippen molar-refractivity contribution in [3.8, 4) is 0 Å². The van der Waals surface area contributed by atoms with E-state index in [0.717, 1.165) is 26.2 Å². The van der Waals surface area contributed by atoms with Gasteiger partial charge >= 0.3 is 0 Å². The van der Waals surface area contributed by atoms with E-state index in [9.17, 15) is 9.90 Å². The summed E-state index contributed by atoms with van der Waals surface area (Å²) in [5, 5.41) is 14.1. The third kappa shape index (κ3) is 5.03. The van der Waals surface area contributed by atoms with Gasteiger partial charge in [0.15, 0.2) is 5.69 Å². The molecule has 1 aliphatic rings. The van der Waals surface area contributed by atoms with Crippen molar-refractivity contribution >= 4 is 5.91 Å². The normalized spacial score (nSPS) is 18.6. The smallest absolute Gasteiger partial charge is 0.275 e. The molecule has 1 aromatic heterocycles. The molecule has 24 heavy (non-hydrogen) atoms. The molecule has 7 heteroatoms. The Balaban J connectivity index is 1.85. The van der Waals surface area contributed by atoms with Crippen LogP contribution in [0, 0.1) is 0 Å². The zero-order valence-electron chi connectivity index (χ0n) is 15.4. The summed E-state index contributed by atoms with van der Waals surface area (Å²) in [6.07, 6.45) is -0.573. The quantitative estimate of drug-likeness (QED) is 0.850. The van der Waals surface area contributed by atoms with E-state index in [0.29, 0.717) is 12.3 Å². The first-order valence-corrected chi connectivity index (χ1v) is 8.48. The predicted octanol–water partition coefficient (Wildman–Crippen LogP) is 0.652. The van der Waals surface area contributed by atoms with Crippen molar-refractivity contribution in [3.05, 3.63) is 17.5 Å². The van der Waals surface area contributed by atoms with Crippen LogP contribution in [0.5, 0.6) is 0 Å². The summed E-state index contributed by atoms with van der Waals surface area (Å²) < 4.78 is 5.26. The fraction of sp³-hybridized carbons (Fsp3) is 0.765. The molecule has 136 valence electrons. The summed E-state index contributed by atoms with van der Waals surface area (Å²) in [6, 6.07) is 1.69. The molecular formula is C17H30N4O3. The summed E-state index contributed by atoms with van der Waals surface area (Å²) in [5.74, 6) is 0.448. The minimum absolute atomic E-state index is 0.189. The van der Waals surface area contributed by atoms with Gasteiger partial charge in [0.25, 0.3) is 5.91 Å². The van der Waals surface area contributed by atoms with E-state index in [2.05, 4.69) is 22.0 Å². The second kappa shape index (κ2) is 7.63. The fourth-order valence-electron chi connectivity index (χ4n) is 2.71. The van der Waals surface area contributed by atoms with E-state index in [1.807, 2.05) is 20.8 Å². The van der Waals surface area contributed by atoms with Crippen molar-refractivity contribution in [1.29, 1.82) is 0 Å². The van der Waals surface area contributed by atoms with Crippen LogP contribution in [0.25, 0.3) is 0 Å². The third-order valence-electron chi connectivity index (χ3n) is 4.36. The zero-order valence-corrected chi connectivity index (χ0v) is 15.4. The minimum Gasteiger partial charge on any atom is -0.390 e. The van der Waals surface area contributed by atoms with Gasteiger partial charge in [-0.15, -0.1) is 0 Å². The molecule has 1 aliphatic heterocycles. The van der Waals surface area contributed by atoms with E-state index >= 15 is 0 Å². The Labute approximate surface area is 144 Å². The molecule has 0 aromatic carbocycles. The van der Waals surface area contributed by atoms with Crippen molar-refractivity contribution in [2.75, 3.05) is 53.4 Å². The van der Waals surface area contributed by atoms with E-state index < -0.39 is 6.10 Å². The molecule has 0 radical (unpaired) electrons. The van der Waals surface area contributed by atoms with Gasteiger partial charge < -0.3 is 19.4 Å². The highest BCUT2D eigenvalue weighted by Gasteiger charge is 2.25. The number of β-amino-alcohol motifs (C(OH)–C–C–N with tert-alkyl or cyclic N) is 1. The van der Waals surface area contributed by atoms with Crippen LogP contribution >= 0.6 is 0 Å². The highest BCUT2D eigenvalue weighted by atomic mass is 16.5. The number of carbonyl (C=O) groups excluding carboxylic acids is 1. The molecule has 2 heterocycles. The molecule has 0 aliphatic carbocycles. The number of aliphatic hydroxyl groups excluding tert-OH is 1. The van der Waals surface area contributed by atoms with Crippen LogP contribution in [0.2, 0.25) is 0 Å². The van der Waals surface area contributed by atoms with Crippen molar-refractivity contribution in [2.45, 2.75) is 32.3 Å². The van der Waals surface area contributed by atoms with Crippen LogP contribution in [0.4, 0.5) is 0 Å². The number of piperazine rings is 1. The molecule has 7 nitrogen and oxygen atoms in total. The molecule has 1 amide bonds. The van der Waals surface area contributed by atoms with Crippen LogP contribution in [-0.4, -0.2) is 90.3 Å². The number of carbonyl (C=O) groups is 1. The molecule has 1 saturated heterocycles. The van der Waals surface area contributed by atoms with Gasteiger partial charge in [-0.3, -0.25) is 9.69 Å². The molecule has 1 N–H and O–H groups in total. The van der Waals surface area contributed by atoms with E-state index in [1.54, 1.807) is 13.1 Å². The van der Waals surface area contributed by atoms with E-state index in [-0.39, 0.29) is 23.6 Å². The van der Waals surface area contributed by atoms with Gasteiger partial charge in [0.2, 0.25) is 0 Å². The minimum atomic E-state index is -0.573. The maximum absolute atomic E-state index is 12.4. The van der Waals surface area contributed by atoms with Crippen molar-refractivity contribution < 1.29 is 14.4 Å². The molecule has 1 atom stereocenters. The predicted molar refractivity (Wildman–Crippen MR) is 92.1 cm³/mol. The Bertz CT molecular complexity index is 544. The number of hydrogen-bond donors (Lipinski definition) is 1. The van der Waals surface area contributed by atoms with Crippen LogP contribution in [0.1, 0.15) is 37.0 Å². The van der Waals surface area contributed by atoms with Crippen molar-refractivity contribution in [3.63, 3.8) is 0 Å². The highest BCUT2D eigenvalue weighted by molar-refractivity contribution is 5.92. The number of hydrogen-bond acceptors (Lipinski definition) is 6. The molecule has 1 fully saturated rings. The maximum Gasteiger partial charge on any atom is 0.275 e. The third-order valence-corrected chi connectivity index (χ3v) is 4.36. The van der Waals surface area contributed by atoms with Gasteiger partial charge in [-0.05, 0) is 7.05 Å². The number of rotatable bonds is 5. The molecule has 1 unspecified atom stereocenters. The lowest BCUT2D eigenvalue weighted by Crippen LogP contribution is -2.49. The van der Waals surface area contributed by atoms with Gasteiger partial charge in [-0.2, -0.15) is 0 Å². The lowest BCUT2D eigenvalue weighted by Gasteiger charge is -2.34. The van der Waals surface area contributed by atoms with Gasteiger partial charge in [0.05, 0.1) is 6.10 Å². The summed E-state index contributed by atoms with van der Waals surface area (Å²) >= 11 is 0. The summed E-state index contributed by atoms with van der Waals surface area (Å²) in [6.45, 7) is 10.8. The second-order valence-electron chi connectivity index (χ2n) is 7.77. The van der Waals surface area contributed by atoms with Gasteiger partial charge in [-0.1, -0.05) is 25.9 Å². The Hall–Kier alpha value is -1.44. The summed E-state index contributed by atoms with van der Waals surface area (Å²) in [5.41, 5.74) is 0.0969. The van der Waals surface area contributed by atoms with Gasteiger partial charge in [0, 0.05) is 57.8 Å². The first-order chi connectivity index (χ1) is 11.2. The van der Waals surface area contributed by atoms with Crippen LogP contribution in [-0.2, 0) is 5.41 Å². The number of amides is 1. The Morgan fingerprint density at radius 2 is 2.00 bits per heavy atom. The number of likely N-dealkylation sites (N-methyl/N-ethyl adjacent to an activating group) is 2. The zero-order chi connectivity index (χ0) is 17.9. The lowest BCUT2D eigenvalue weighted by molar-refractivity contribution is 0.0496. The van der Waals surface area contributed by atoms with Crippen LogP contribution < -0.4 is 0 Å². The molecule has 1 aromatic rings. The monoisotopic (exact) mass is 338 g/mol. The molecule has 0 bridgehead atoms. The van der Waals surface area contributed by atoms with E-state index in [4.69, 9.17) is 4.52 Å². The fourth-order valence-corrected chi connectivity index (χ4v) is 2.71. The van der Waals surface area contributed by atoms with Crippen molar-refractivity contribution in [2.24, 2.45) is 0 Å². The standard InChI is InChI=1S/C17H30N4O3/c1-17(2,3)15-10-14(18-24-15)16(23)20(5)11-13(22)12-21-8-6-19(4)7-9-21/h10,13,22H,6-9,11-12H2,1-5H3. The Morgan fingerprint density at radius 3 is 2.54 bits per heavy atom. The molecule has 0 saturated carbocycles. The highest BCUT2D eigenvalue weighted by Crippen LogP contribution is 2.23. The first-order valence-electron chi connectivity index (χ1n) is 8.48. The number of aromatic nitrogens is 1. The topological polar surface area (TPSA) is 73.1 Å². The maximum atomic E-state index is 12.4. The average molecular weight is 338 g/mol. The molecule has 0 spiro atoms. The second-order valence-corrected chi connectivity index (χ2v) is 7.77. The first kappa shape index (κ1) is 18.9. The van der Waals surface area contributed by atoms with Crippen LogP contribution in [0.15, 0.2) is 10.6 Å². The Kier molecular flexibility index (Phi) is 6.01. The van der Waals surface area contributed by atoms with E-state index in [1.165, 1.54) is 4.90 Å². The molecular weight excluding hydrogens is 308 g/mol. The Morgan fingerprint density at radius 1 is 1.38 bits per heavy atom. The van der Waals surface area contributed by atoms with Crippen molar-refractivity contribution in [1.82, 2.24) is 19.9 Å². The molecule has 2 rings (SSSR count). The number of aliphatic hydroxyl groups is 1. The average Bonchev–Trinajstić information content (AvgIpc) is 2.98. The summed E-state index contributed by atoms with van der Waals surface area (Å²) in [4.78, 5) is 18.4. The van der Waals surface area contributed by atoms with Gasteiger partial charge in [0.1, 0.15) is 5.76 Å². The lowest BCUT2D eigenvalue weighted by atomic mass is 9.93. The summed E-state index contributed by atoms with van der Waals surface area (Å²) in [7, 11) is 3.78. The number of nitrogens with zero attached hydrogens (tertiary/aromatic N) is 4. The van der Waals surface area contributed by atoms with Crippen LogP contribution in [0.3, 0.4) is 0 Å². The largest absolute Gasteiger partial charge is 0.390 e.